The van der Waals surface area contributed by atoms with Gasteiger partial charge in [0, 0.05) is 32.0 Å². The third-order valence-corrected chi connectivity index (χ3v) is 2.40. The summed E-state index contributed by atoms with van der Waals surface area (Å²) in [6, 6.07) is 5.01. The zero-order chi connectivity index (χ0) is 14.3. The van der Waals surface area contributed by atoms with Crippen molar-refractivity contribution >= 4 is 23.3 Å². The Balaban J connectivity index is 2.63. The molecule has 6 nitrogen and oxygen atoms in total. The second kappa shape index (κ2) is 7.38. The summed E-state index contributed by atoms with van der Waals surface area (Å²) in [4.78, 5) is 22.6. The molecule has 0 radical (unpaired) electrons. The molecule has 0 aliphatic carbocycles. The Morgan fingerprint density at radius 3 is 2.63 bits per heavy atom. The molecule has 1 rings (SSSR count). The number of benzene rings is 1. The minimum atomic E-state index is -0.310. The highest BCUT2D eigenvalue weighted by Gasteiger charge is 2.05. The molecule has 1 aromatic rings. The average molecular weight is 265 g/mol. The standard InChI is InChI=1S/C13H19N3O3/c1-9-4-5-11(8-12(9)15-10(2)17)16-13(18)14-6-7-19-3/h4-5,8H,6-7H2,1-3H3,(H,15,17)(H2,14,16,18). The van der Waals surface area contributed by atoms with Gasteiger partial charge in [0.1, 0.15) is 0 Å². The maximum absolute atomic E-state index is 11.5. The van der Waals surface area contributed by atoms with Crippen LogP contribution in [0.15, 0.2) is 18.2 Å². The van der Waals surface area contributed by atoms with Crippen molar-refractivity contribution in [3.05, 3.63) is 23.8 Å². The highest BCUT2D eigenvalue weighted by Crippen LogP contribution is 2.20. The minimum absolute atomic E-state index is 0.148. The second-order valence-electron chi connectivity index (χ2n) is 4.08. The monoisotopic (exact) mass is 265 g/mol. The fourth-order valence-corrected chi connectivity index (χ4v) is 1.47. The quantitative estimate of drug-likeness (QED) is 0.709. The highest BCUT2D eigenvalue weighted by atomic mass is 16.5. The van der Waals surface area contributed by atoms with Crippen molar-refractivity contribution in [1.29, 1.82) is 0 Å². The van der Waals surface area contributed by atoms with Gasteiger partial charge in [0.15, 0.2) is 0 Å². The Labute approximate surface area is 112 Å². The van der Waals surface area contributed by atoms with Crippen LogP contribution in [0.5, 0.6) is 0 Å². The molecule has 0 aliphatic heterocycles. The Kier molecular flexibility index (Phi) is 5.81. The molecule has 0 saturated heterocycles. The molecule has 104 valence electrons. The molecular weight excluding hydrogens is 246 g/mol. The second-order valence-corrected chi connectivity index (χ2v) is 4.08. The molecular formula is C13H19N3O3. The third kappa shape index (κ3) is 5.39. The van der Waals surface area contributed by atoms with Crippen molar-refractivity contribution in [3.63, 3.8) is 0 Å². The van der Waals surface area contributed by atoms with Crippen LogP contribution in [0.1, 0.15) is 12.5 Å². The summed E-state index contributed by atoms with van der Waals surface area (Å²) in [7, 11) is 1.57. The number of urea groups is 1. The number of hydrogen-bond donors (Lipinski definition) is 3. The van der Waals surface area contributed by atoms with E-state index in [4.69, 9.17) is 4.74 Å². The zero-order valence-corrected chi connectivity index (χ0v) is 11.4. The summed E-state index contributed by atoms with van der Waals surface area (Å²) >= 11 is 0. The van der Waals surface area contributed by atoms with Gasteiger partial charge in [-0.25, -0.2) is 4.79 Å². The molecule has 3 amide bonds. The first-order valence-electron chi connectivity index (χ1n) is 5.95. The molecule has 0 aliphatic rings. The maximum Gasteiger partial charge on any atom is 0.319 e. The molecule has 1 aromatic carbocycles. The molecule has 0 aromatic heterocycles. The lowest BCUT2D eigenvalue weighted by atomic mass is 10.2. The zero-order valence-electron chi connectivity index (χ0n) is 11.4. The van der Waals surface area contributed by atoms with Crippen LogP contribution in [-0.2, 0) is 9.53 Å². The minimum Gasteiger partial charge on any atom is -0.383 e. The number of methoxy groups -OCH3 is 1. The Bertz CT molecular complexity index is 460. The summed E-state index contributed by atoms with van der Waals surface area (Å²) in [5.74, 6) is -0.148. The van der Waals surface area contributed by atoms with E-state index in [1.807, 2.05) is 13.0 Å². The third-order valence-electron chi connectivity index (χ3n) is 2.40. The van der Waals surface area contributed by atoms with Gasteiger partial charge in [-0.05, 0) is 24.6 Å². The van der Waals surface area contributed by atoms with E-state index in [1.165, 1.54) is 6.92 Å². The molecule has 0 unspecified atom stereocenters. The van der Waals surface area contributed by atoms with E-state index in [-0.39, 0.29) is 11.9 Å². The fraction of sp³-hybridized carbons (Fsp3) is 0.385. The number of rotatable bonds is 5. The summed E-state index contributed by atoms with van der Waals surface area (Å²) in [6.45, 7) is 4.22. The molecule has 0 heterocycles. The Hall–Kier alpha value is -2.08. The van der Waals surface area contributed by atoms with Crippen LogP contribution in [0.25, 0.3) is 0 Å². The molecule has 0 bridgehead atoms. The Morgan fingerprint density at radius 2 is 2.00 bits per heavy atom. The van der Waals surface area contributed by atoms with Crippen LogP contribution in [0.2, 0.25) is 0 Å². The smallest absolute Gasteiger partial charge is 0.319 e. The van der Waals surface area contributed by atoms with Gasteiger partial charge in [-0.1, -0.05) is 6.07 Å². The summed E-state index contributed by atoms with van der Waals surface area (Å²) in [5, 5.41) is 8.04. The van der Waals surface area contributed by atoms with Gasteiger partial charge in [-0.3, -0.25) is 4.79 Å². The lowest BCUT2D eigenvalue weighted by molar-refractivity contribution is -0.114. The van der Waals surface area contributed by atoms with Crippen LogP contribution in [0.3, 0.4) is 0 Å². The van der Waals surface area contributed by atoms with Crippen molar-refractivity contribution in [2.75, 3.05) is 30.9 Å². The number of anilines is 2. The van der Waals surface area contributed by atoms with Crippen molar-refractivity contribution in [1.82, 2.24) is 5.32 Å². The van der Waals surface area contributed by atoms with Gasteiger partial charge < -0.3 is 20.7 Å². The van der Waals surface area contributed by atoms with E-state index in [2.05, 4.69) is 16.0 Å². The SMILES string of the molecule is COCCNC(=O)Nc1ccc(C)c(NC(C)=O)c1. The van der Waals surface area contributed by atoms with Gasteiger partial charge in [0.25, 0.3) is 0 Å². The van der Waals surface area contributed by atoms with Gasteiger partial charge in [0.2, 0.25) is 5.91 Å². The van der Waals surface area contributed by atoms with Crippen molar-refractivity contribution in [2.24, 2.45) is 0 Å². The van der Waals surface area contributed by atoms with Crippen LogP contribution >= 0.6 is 0 Å². The first-order chi connectivity index (χ1) is 9.02. The number of carbonyl (C=O) groups excluding carboxylic acids is 2. The lowest BCUT2D eigenvalue weighted by Gasteiger charge is -2.11. The molecule has 0 spiro atoms. The van der Waals surface area contributed by atoms with Crippen LogP contribution in [0.4, 0.5) is 16.2 Å². The lowest BCUT2D eigenvalue weighted by Crippen LogP contribution is -2.31. The molecule has 19 heavy (non-hydrogen) atoms. The van der Waals surface area contributed by atoms with E-state index in [0.29, 0.717) is 24.5 Å². The summed E-state index contributed by atoms with van der Waals surface area (Å²) in [5.41, 5.74) is 2.23. The average Bonchev–Trinajstić information content (AvgIpc) is 2.33. The van der Waals surface area contributed by atoms with Gasteiger partial charge in [-0.15, -0.1) is 0 Å². The van der Waals surface area contributed by atoms with Gasteiger partial charge >= 0.3 is 6.03 Å². The molecule has 0 atom stereocenters. The molecule has 0 saturated carbocycles. The first-order valence-corrected chi connectivity index (χ1v) is 5.95. The summed E-state index contributed by atoms with van der Waals surface area (Å²) < 4.78 is 4.83. The number of aryl methyl sites for hydroxylation is 1. The van der Waals surface area contributed by atoms with Crippen molar-refractivity contribution < 1.29 is 14.3 Å². The highest BCUT2D eigenvalue weighted by molar-refractivity contribution is 5.93. The van der Waals surface area contributed by atoms with Crippen molar-refractivity contribution in [2.45, 2.75) is 13.8 Å². The van der Waals surface area contributed by atoms with Crippen LogP contribution < -0.4 is 16.0 Å². The maximum atomic E-state index is 11.5. The van der Waals surface area contributed by atoms with Crippen LogP contribution in [0, 0.1) is 6.92 Å². The molecule has 0 fully saturated rings. The first kappa shape index (κ1) is 15.0. The number of hydrogen-bond acceptors (Lipinski definition) is 3. The fourth-order valence-electron chi connectivity index (χ4n) is 1.47. The van der Waals surface area contributed by atoms with Crippen molar-refractivity contribution in [3.8, 4) is 0 Å². The topological polar surface area (TPSA) is 79.5 Å². The number of nitrogens with one attached hydrogen (secondary N) is 3. The van der Waals surface area contributed by atoms with E-state index < -0.39 is 0 Å². The Morgan fingerprint density at radius 1 is 1.26 bits per heavy atom. The number of amides is 3. The van der Waals surface area contributed by atoms with E-state index in [0.717, 1.165) is 5.56 Å². The normalized spacial score (nSPS) is 9.84. The molecule has 3 N–H and O–H groups in total. The predicted molar refractivity (Wildman–Crippen MR) is 74.4 cm³/mol. The predicted octanol–water partition coefficient (Wildman–Crippen LogP) is 1.72. The number of ether oxygens (including phenoxy) is 1. The summed E-state index contributed by atoms with van der Waals surface area (Å²) in [6.07, 6.45) is 0. The van der Waals surface area contributed by atoms with E-state index >= 15 is 0 Å². The van der Waals surface area contributed by atoms with Crippen LogP contribution in [-0.4, -0.2) is 32.2 Å². The van der Waals surface area contributed by atoms with E-state index in [9.17, 15) is 9.59 Å². The molecule has 6 heteroatoms. The van der Waals surface area contributed by atoms with E-state index in [1.54, 1.807) is 19.2 Å². The number of carbonyl (C=O) groups is 2. The van der Waals surface area contributed by atoms with Gasteiger partial charge in [-0.2, -0.15) is 0 Å². The van der Waals surface area contributed by atoms with Gasteiger partial charge in [0.05, 0.1) is 6.61 Å². The largest absolute Gasteiger partial charge is 0.383 e.